The zero-order valence-corrected chi connectivity index (χ0v) is 15.9. The SMILES string of the molecule is CCCc1nc2ccccc2n1C[C@@H](O)COc1ccc(C(C)C)cc1. The average molecular weight is 352 g/mol. The second kappa shape index (κ2) is 8.37. The van der Waals surface area contributed by atoms with Crippen LogP contribution in [-0.4, -0.2) is 27.4 Å². The van der Waals surface area contributed by atoms with Crippen molar-refractivity contribution < 1.29 is 9.84 Å². The highest BCUT2D eigenvalue weighted by molar-refractivity contribution is 5.75. The lowest BCUT2D eigenvalue weighted by molar-refractivity contribution is 0.0927. The van der Waals surface area contributed by atoms with Gasteiger partial charge in [0.15, 0.2) is 0 Å². The maximum absolute atomic E-state index is 10.5. The number of benzene rings is 2. The Morgan fingerprint density at radius 2 is 1.81 bits per heavy atom. The van der Waals surface area contributed by atoms with E-state index in [9.17, 15) is 5.11 Å². The molecular weight excluding hydrogens is 324 g/mol. The van der Waals surface area contributed by atoms with Gasteiger partial charge in [-0.1, -0.05) is 45.0 Å². The van der Waals surface area contributed by atoms with Gasteiger partial charge in [-0.05, 0) is 42.2 Å². The molecule has 4 heteroatoms. The first-order valence-corrected chi connectivity index (χ1v) is 9.43. The highest BCUT2D eigenvalue weighted by Crippen LogP contribution is 2.20. The van der Waals surface area contributed by atoms with Crippen LogP contribution in [-0.2, 0) is 13.0 Å². The zero-order chi connectivity index (χ0) is 18.5. The van der Waals surface area contributed by atoms with Gasteiger partial charge in [0.05, 0.1) is 17.6 Å². The number of para-hydroxylation sites is 2. The first-order valence-electron chi connectivity index (χ1n) is 9.43. The summed E-state index contributed by atoms with van der Waals surface area (Å²) in [6.07, 6.45) is 1.34. The molecule has 3 rings (SSSR count). The van der Waals surface area contributed by atoms with E-state index in [2.05, 4.69) is 43.5 Å². The number of ether oxygens (including phenoxy) is 1. The van der Waals surface area contributed by atoms with Crippen LogP contribution < -0.4 is 4.74 Å². The highest BCUT2D eigenvalue weighted by atomic mass is 16.5. The minimum atomic E-state index is -0.590. The van der Waals surface area contributed by atoms with E-state index in [0.29, 0.717) is 12.5 Å². The van der Waals surface area contributed by atoms with Gasteiger partial charge in [0, 0.05) is 6.42 Å². The van der Waals surface area contributed by atoms with E-state index in [1.807, 2.05) is 30.3 Å². The Labute approximate surface area is 155 Å². The van der Waals surface area contributed by atoms with Gasteiger partial charge in [0.2, 0.25) is 0 Å². The van der Waals surface area contributed by atoms with Gasteiger partial charge in [-0.15, -0.1) is 0 Å². The van der Waals surface area contributed by atoms with Crippen molar-refractivity contribution in [3.63, 3.8) is 0 Å². The molecule has 0 fully saturated rings. The van der Waals surface area contributed by atoms with E-state index < -0.39 is 6.10 Å². The van der Waals surface area contributed by atoms with Crippen LogP contribution in [0.5, 0.6) is 5.75 Å². The van der Waals surface area contributed by atoms with E-state index in [0.717, 1.165) is 35.4 Å². The molecule has 138 valence electrons. The quantitative estimate of drug-likeness (QED) is 0.647. The van der Waals surface area contributed by atoms with E-state index in [1.54, 1.807) is 0 Å². The molecule has 1 atom stereocenters. The summed E-state index contributed by atoms with van der Waals surface area (Å²) in [5.41, 5.74) is 3.33. The third kappa shape index (κ3) is 4.25. The molecule has 0 aliphatic carbocycles. The summed E-state index contributed by atoms with van der Waals surface area (Å²) >= 11 is 0. The van der Waals surface area contributed by atoms with Crippen molar-refractivity contribution in [1.29, 1.82) is 0 Å². The van der Waals surface area contributed by atoms with Gasteiger partial charge in [-0.2, -0.15) is 0 Å². The number of imidazole rings is 1. The second-order valence-electron chi connectivity index (χ2n) is 7.07. The smallest absolute Gasteiger partial charge is 0.119 e. The van der Waals surface area contributed by atoms with Crippen LogP contribution in [0, 0.1) is 0 Å². The van der Waals surface area contributed by atoms with Gasteiger partial charge >= 0.3 is 0 Å². The van der Waals surface area contributed by atoms with Crippen LogP contribution in [0.25, 0.3) is 11.0 Å². The standard InChI is InChI=1S/C22H28N2O2/c1-4-7-22-23-20-8-5-6-9-21(20)24(22)14-18(25)15-26-19-12-10-17(11-13-19)16(2)3/h5-6,8-13,16,18,25H,4,7,14-15H2,1-3H3/t18-/m1/s1. The lowest BCUT2D eigenvalue weighted by Crippen LogP contribution is -2.24. The van der Waals surface area contributed by atoms with E-state index in [-0.39, 0.29) is 6.61 Å². The number of aryl methyl sites for hydroxylation is 1. The second-order valence-corrected chi connectivity index (χ2v) is 7.07. The van der Waals surface area contributed by atoms with Gasteiger partial charge in [0.1, 0.15) is 24.3 Å². The number of rotatable bonds is 8. The summed E-state index contributed by atoms with van der Waals surface area (Å²) < 4.78 is 7.90. The number of aliphatic hydroxyl groups is 1. The fourth-order valence-corrected chi connectivity index (χ4v) is 3.15. The molecule has 0 amide bonds. The predicted octanol–water partition coefficient (Wildman–Crippen LogP) is 4.55. The molecule has 0 bridgehead atoms. The Balaban J connectivity index is 1.67. The first kappa shape index (κ1) is 18.5. The number of fused-ring (bicyclic) bond motifs is 1. The highest BCUT2D eigenvalue weighted by Gasteiger charge is 2.14. The molecule has 0 radical (unpaired) electrons. The lowest BCUT2D eigenvalue weighted by Gasteiger charge is -2.16. The van der Waals surface area contributed by atoms with Crippen molar-refractivity contribution in [3.8, 4) is 5.75 Å². The Morgan fingerprint density at radius 1 is 1.08 bits per heavy atom. The third-order valence-corrected chi connectivity index (χ3v) is 4.59. The minimum absolute atomic E-state index is 0.263. The summed E-state index contributed by atoms with van der Waals surface area (Å²) in [6, 6.07) is 16.2. The molecule has 0 spiro atoms. The van der Waals surface area contributed by atoms with Crippen LogP contribution in [0.4, 0.5) is 0 Å². The molecular formula is C22H28N2O2. The van der Waals surface area contributed by atoms with Crippen LogP contribution >= 0.6 is 0 Å². The van der Waals surface area contributed by atoms with Crippen LogP contribution in [0.2, 0.25) is 0 Å². The summed E-state index contributed by atoms with van der Waals surface area (Å²) in [4.78, 5) is 4.71. The van der Waals surface area contributed by atoms with Gasteiger partial charge < -0.3 is 14.4 Å². The molecule has 1 N–H and O–H groups in total. The molecule has 0 saturated heterocycles. The Kier molecular flexibility index (Phi) is 5.94. The maximum Gasteiger partial charge on any atom is 0.119 e. The van der Waals surface area contributed by atoms with Crippen LogP contribution in [0.1, 0.15) is 44.5 Å². The summed E-state index contributed by atoms with van der Waals surface area (Å²) in [6.45, 7) is 7.23. The first-order chi connectivity index (χ1) is 12.6. The van der Waals surface area contributed by atoms with E-state index in [4.69, 9.17) is 9.72 Å². The summed E-state index contributed by atoms with van der Waals surface area (Å²) in [5, 5.41) is 10.5. The number of hydrogen-bond acceptors (Lipinski definition) is 3. The minimum Gasteiger partial charge on any atom is -0.491 e. The van der Waals surface area contributed by atoms with Crippen molar-refractivity contribution in [2.45, 2.75) is 52.2 Å². The van der Waals surface area contributed by atoms with Crippen molar-refractivity contribution in [3.05, 3.63) is 59.9 Å². The zero-order valence-electron chi connectivity index (χ0n) is 15.9. The monoisotopic (exact) mass is 352 g/mol. The maximum atomic E-state index is 10.5. The number of aromatic nitrogens is 2. The fourth-order valence-electron chi connectivity index (χ4n) is 3.15. The molecule has 1 aromatic heterocycles. The van der Waals surface area contributed by atoms with Gasteiger partial charge in [0.25, 0.3) is 0 Å². The Bertz CT molecular complexity index is 837. The molecule has 0 saturated carbocycles. The topological polar surface area (TPSA) is 47.3 Å². The molecule has 0 unspecified atom stereocenters. The molecule has 26 heavy (non-hydrogen) atoms. The lowest BCUT2D eigenvalue weighted by atomic mass is 10.0. The molecule has 0 aliphatic heterocycles. The van der Waals surface area contributed by atoms with Crippen molar-refractivity contribution >= 4 is 11.0 Å². The average Bonchev–Trinajstić information content (AvgIpc) is 2.98. The van der Waals surface area contributed by atoms with Crippen molar-refractivity contribution in [2.24, 2.45) is 0 Å². The fraction of sp³-hybridized carbons (Fsp3) is 0.409. The van der Waals surface area contributed by atoms with Gasteiger partial charge in [-0.25, -0.2) is 4.98 Å². The molecule has 0 aliphatic rings. The summed E-state index contributed by atoms with van der Waals surface area (Å²) in [5.74, 6) is 2.31. The Morgan fingerprint density at radius 3 is 2.50 bits per heavy atom. The molecule has 4 nitrogen and oxygen atoms in total. The predicted molar refractivity (Wildman–Crippen MR) is 106 cm³/mol. The van der Waals surface area contributed by atoms with Gasteiger partial charge in [-0.3, -0.25) is 0 Å². The molecule has 2 aromatic carbocycles. The number of aliphatic hydroxyl groups excluding tert-OH is 1. The number of hydrogen-bond donors (Lipinski definition) is 1. The van der Waals surface area contributed by atoms with Crippen LogP contribution in [0.3, 0.4) is 0 Å². The number of nitrogens with zero attached hydrogens (tertiary/aromatic N) is 2. The van der Waals surface area contributed by atoms with Crippen molar-refractivity contribution in [2.75, 3.05) is 6.61 Å². The third-order valence-electron chi connectivity index (χ3n) is 4.59. The Hall–Kier alpha value is -2.33. The van der Waals surface area contributed by atoms with E-state index >= 15 is 0 Å². The van der Waals surface area contributed by atoms with Crippen LogP contribution in [0.15, 0.2) is 48.5 Å². The normalized spacial score (nSPS) is 12.7. The summed E-state index contributed by atoms with van der Waals surface area (Å²) in [7, 11) is 0. The van der Waals surface area contributed by atoms with E-state index in [1.165, 1.54) is 5.56 Å². The van der Waals surface area contributed by atoms with Crippen molar-refractivity contribution in [1.82, 2.24) is 9.55 Å². The molecule has 1 heterocycles. The molecule has 3 aromatic rings. The largest absolute Gasteiger partial charge is 0.491 e.